The number of halogens is 2. The standard InChI is InChI=1S/C22H23F2N3O2/c1-15-20(16(2)27(26-15)14-18-6-4-3-5-7-18)21(28)25-13-12-17-8-10-19(11-9-17)29-22(23)24/h3-11,22H,12-14H2,1-2H3,(H,25,28). The highest BCUT2D eigenvalue weighted by atomic mass is 19.3. The Labute approximate surface area is 168 Å². The molecule has 1 aromatic heterocycles. The first-order valence-corrected chi connectivity index (χ1v) is 9.34. The summed E-state index contributed by atoms with van der Waals surface area (Å²) >= 11 is 0. The molecule has 0 atom stereocenters. The smallest absolute Gasteiger partial charge is 0.387 e. The Hall–Kier alpha value is -3.22. The lowest BCUT2D eigenvalue weighted by Crippen LogP contribution is -2.26. The van der Waals surface area contributed by atoms with Crippen molar-refractivity contribution in [1.82, 2.24) is 15.1 Å². The van der Waals surface area contributed by atoms with Crippen LogP contribution < -0.4 is 10.1 Å². The van der Waals surface area contributed by atoms with Gasteiger partial charge in [0.25, 0.3) is 5.91 Å². The molecule has 0 saturated heterocycles. The number of carbonyl (C=O) groups excluding carboxylic acids is 1. The number of amides is 1. The van der Waals surface area contributed by atoms with Gasteiger partial charge in [0.2, 0.25) is 0 Å². The maximum absolute atomic E-state index is 12.6. The predicted octanol–water partition coefficient (Wildman–Crippen LogP) is 4.12. The third-order valence-corrected chi connectivity index (χ3v) is 4.63. The first kappa shape index (κ1) is 20.5. The fourth-order valence-corrected chi connectivity index (χ4v) is 3.18. The van der Waals surface area contributed by atoms with E-state index in [0.29, 0.717) is 30.8 Å². The highest BCUT2D eigenvalue weighted by molar-refractivity contribution is 5.96. The fraction of sp³-hybridized carbons (Fsp3) is 0.273. The molecular formula is C22H23F2N3O2. The van der Waals surface area contributed by atoms with Crippen LogP contribution in [0.3, 0.4) is 0 Å². The molecule has 2 aromatic carbocycles. The van der Waals surface area contributed by atoms with E-state index in [4.69, 9.17) is 0 Å². The lowest BCUT2D eigenvalue weighted by Gasteiger charge is -2.08. The van der Waals surface area contributed by atoms with Crippen molar-refractivity contribution in [3.8, 4) is 5.75 Å². The monoisotopic (exact) mass is 399 g/mol. The number of benzene rings is 2. The number of nitrogens with zero attached hydrogens (tertiary/aromatic N) is 2. The maximum Gasteiger partial charge on any atom is 0.387 e. The average Bonchev–Trinajstić information content (AvgIpc) is 2.96. The number of aryl methyl sites for hydroxylation is 1. The number of rotatable bonds is 8. The normalized spacial score (nSPS) is 10.9. The second kappa shape index (κ2) is 9.32. The zero-order chi connectivity index (χ0) is 20.8. The molecule has 0 radical (unpaired) electrons. The SMILES string of the molecule is Cc1nn(Cc2ccccc2)c(C)c1C(=O)NCCc1ccc(OC(F)F)cc1. The van der Waals surface area contributed by atoms with Crippen molar-refractivity contribution in [2.75, 3.05) is 6.54 Å². The summed E-state index contributed by atoms with van der Waals surface area (Å²) in [5.74, 6) is -0.0539. The van der Waals surface area contributed by atoms with Gasteiger partial charge in [0.05, 0.1) is 17.8 Å². The molecule has 3 aromatic rings. The Balaban J connectivity index is 1.58. The van der Waals surface area contributed by atoms with Crippen molar-refractivity contribution in [2.45, 2.75) is 33.4 Å². The molecule has 0 unspecified atom stereocenters. The summed E-state index contributed by atoms with van der Waals surface area (Å²) in [5.41, 5.74) is 4.12. The van der Waals surface area contributed by atoms with Crippen LogP contribution in [0.2, 0.25) is 0 Å². The number of carbonyl (C=O) groups is 1. The van der Waals surface area contributed by atoms with E-state index >= 15 is 0 Å². The van der Waals surface area contributed by atoms with E-state index in [1.165, 1.54) is 12.1 Å². The van der Waals surface area contributed by atoms with E-state index in [2.05, 4.69) is 15.2 Å². The lowest BCUT2D eigenvalue weighted by molar-refractivity contribution is -0.0498. The average molecular weight is 399 g/mol. The van der Waals surface area contributed by atoms with Gasteiger partial charge in [-0.05, 0) is 43.5 Å². The molecule has 0 aliphatic heterocycles. The van der Waals surface area contributed by atoms with E-state index in [0.717, 1.165) is 16.8 Å². The van der Waals surface area contributed by atoms with Gasteiger partial charge in [0, 0.05) is 12.2 Å². The summed E-state index contributed by atoms with van der Waals surface area (Å²) in [5, 5.41) is 7.42. The Bertz CT molecular complexity index is 954. The van der Waals surface area contributed by atoms with E-state index in [1.54, 1.807) is 12.1 Å². The van der Waals surface area contributed by atoms with Gasteiger partial charge in [-0.15, -0.1) is 0 Å². The van der Waals surface area contributed by atoms with Crippen molar-refractivity contribution < 1.29 is 18.3 Å². The highest BCUT2D eigenvalue weighted by Gasteiger charge is 2.18. The summed E-state index contributed by atoms with van der Waals surface area (Å²) < 4.78 is 30.5. The van der Waals surface area contributed by atoms with E-state index < -0.39 is 6.61 Å². The molecule has 0 bridgehead atoms. The predicted molar refractivity (Wildman–Crippen MR) is 106 cm³/mol. The molecule has 0 aliphatic rings. The first-order chi connectivity index (χ1) is 13.9. The molecule has 5 nitrogen and oxygen atoms in total. The second-order valence-corrected chi connectivity index (χ2v) is 6.72. The Morgan fingerprint density at radius 1 is 1.07 bits per heavy atom. The topological polar surface area (TPSA) is 56.2 Å². The van der Waals surface area contributed by atoms with Crippen molar-refractivity contribution in [1.29, 1.82) is 0 Å². The minimum Gasteiger partial charge on any atom is -0.435 e. The van der Waals surface area contributed by atoms with Gasteiger partial charge >= 0.3 is 6.61 Å². The Morgan fingerprint density at radius 2 is 1.76 bits per heavy atom. The first-order valence-electron chi connectivity index (χ1n) is 9.34. The molecular weight excluding hydrogens is 376 g/mol. The molecule has 1 amide bonds. The Kier molecular flexibility index (Phi) is 6.59. The summed E-state index contributed by atoms with van der Waals surface area (Å²) in [6.45, 7) is 1.91. The summed E-state index contributed by atoms with van der Waals surface area (Å²) in [4.78, 5) is 12.6. The van der Waals surface area contributed by atoms with Crippen LogP contribution >= 0.6 is 0 Å². The zero-order valence-electron chi connectivity index (χ0n) is 16.4. The Morgan fingerprint density at radius 3 is 2.41 bits per heavy atom. The largest absolute Gasteiger partial charge is 0.435 e. The van der Waals surface area contributed by atoms with Gasteiger partial charge < -0.3 is 10.1 Å². The third kappa shape index (κ3) is 5.40. The molecule has 7 heteroatoms. The summed E-state index contributed by atoms with van der Waals surface area (Å²) in [6.07, 6.45) is 0.580. The summed E-state index contributed by atoms with van der Waals surface area (Å²) in [6, 6.07) is 16.3. The molecule has 0 saturated carbocycles. The van der Waals surface area contributed by atoms with Crippen molar-refractivity contribution >= 4 is 5.91 Å². The number of alkyl halides is 2. The molecule has 1 N–H and O–H groups in total. The highest BCUT2D eigenvalue weighted by Crippen LogP contribution is 2.16. The molecule has 0 aliphatic carbocycles. The molecule has 0 fully saturated rings. The molecule has 3 rings (SSSR count). The van der Waals surface area contributed by atoms with Crippen molar-refractivity contribution in [2.24, 2.45) is 0 Å². The van der Waals surface area contributed by atoms with E-state index in [1.807, 2.05) is 48.9 Å². The fourth-order valence-electron chi connectivity index (χ4n) is 3.18. The summed E-state index contributed by atoms with van der Waals surface area (Å²) in [7, 11) is 0. The van der Waals surface area contributed by atoms with Crippen LogP contribution in [-0.2, 0) is 13.0 Å². The van der Waals surface area contributed by atoms with E-state index in [9.17, 15) is 13.6 Å². The number of hydrogen-bond donors (Lipinski definition) is 1. The van der Waals surface area contributed by atoms with Crippen LogP contribution in [0.5, 0.6) is 5.75 Å². The van der Waals surface area contributed by atoms with Crippen LogP contribution in [0.1, 0.15) is 32.9 Å². The van der Waals surface area contributed by atoms with Gasteiger partial charge in [-0.1, -0.05) is 42.5 Å². The van der Waals surface area contributed by atoms with E-state index in [-0.39, 0.29) is 11.7 Å². The minimum absolute atomic E-state index is 0.116. The van der Waals surface area contributed by atoms with Crippen LogP contribution in [0.4, 0.5) is 8.78 Å². The van der Waals surface area contributed by atoms with Gasteiger partial charge in [0.15, 0.2) is 0 Å². The maximum atomic E-state index is 12.6. The molecule has 152 valence electrons. The number of aromatic nitrogens is 2. The van der Waals surface area contributed by atoms with Crippen molar-refractivity contribution in [3.05, 3.63) is 82.7 Å². The minimum atomic E-state index is -2.84. The van der Waals surface area contributed by atoms with Crippen LogP contribution in [-0.4, -0.2) is 28.8 Å². The number of hydrogen-bond acceptors (Lipinski definition) is 3. The number of ether oxygens (including phenoxy) is 1. The van der Waals surface area contributed by atoms with Gasteiger partial charge in [0.1, 0.15) is 5.75 Å². The third-order valence-electron chi connectivity index (χ3n) is 4.63. The molecule has 1 heterocycles. The zero-order valence-corrected chi connectivity index (χ0v) is 16.4. The van der Waals surface area contributed by atoms with Gasteiger partial charge in [-0.25, -0.2) is 0 Å². The molecule has 0 spiro atoms. The van der Waals surface area contributed by atoms with Crippen LogP contribution in [0.25, 0.3) is 0 Å². The van der Waals surface area contributed by atoms with Crippen LogP contribution in [0.15, 0.2) is 54.6 Å². The number of nitrogens with one attached hydrogen (secondary N) is 1. The quantitative estimate of drug-likeness (QED) is 0.620. The van der Waals surface area contributed by atoms with Crippen LogP contribution in [0, 0.1) is 13.8 Å². The lowest BCUT2D eigenvalue weighted by atomic mass is 10.1. The van der Waals surface area contributed by atoms with Gasteiger partial charge in [-0.3, -0.25) is 9.48 Å². The molecule has 29 heavy (non-hydrogen) atoms. The second-order valence-electron chi connectivity index (χ2n) is 6.72. The van der Waals surface area contributed by atoms with Gasteiger partial charge in [-0.2, -0.15) is 13.9 Å². The van der Waals surface area contributed by atoms with Crippen molar-refractivity contribution in [3.63, 3.8) is 0 Å².